The van der Waals surface area contributed by atoms with E-state index in [0.717, 1.165) is 24.9 Å². The highest BCUT2D eigenvalue weighted by Gasteiger charge is 2.31. The van der Waals surface area contributed by atoms with Gasteiger partial charge in [0, 0.05) is 18.9 Å². The highest BCUT2D eigenvalue weighted by atomic mass is 16.2. The third-order valence-electron chi connectivity index (χ3n) is 3.72. The first-order valence-electron chi connectivity index (χ1n) is 6.76. The van der Waals surface area contributed by atoms with Crippen molar-refractivity contribution in [3.8, 4) is 0 Å². The predicted molar refractivity (Wildman–Crippen MR) is 74.0 cm³/mol. The summed E-state index contributed by atoms with van der Waals surface area (Å²) in [5.74, 6) is 0.0313. The molecule has 0 radical (unpaired) electrons. The van der Waals surface area contributed by atoms with E-state index in [1.807, 2.05) is 30.2 Å². The normalized spacial score (nSPS) is 18.2. The van der Waals surface area contributed by atoms with Crippen LogP contribution in [0, 0.1) is 6.92 Å². The molecule has 1 atom stereocenters. The smallest absolute Gasteiger partial charge is 0.256 e. The maximum absolute atomic E-state index is 12.7. The summed E-state index contributed by atoms with van der Waals surface area (Å²) in [7, 11) is 0. The van der Waals surface area contributed by atoms with Crippen molar-refractivity contribution in [1.82, 2.24) is 20.1 Å². The number of rotatable bonds is 2. The summed E-state index contributed by atoms with van der Waals surface area (Å²) in [6.45, 7) is 2.59. The van der Waals surface area contributed by atoms with Gasteiger partial charge < -0.3 is 4.90 Å². The fourth-order valence-electron chi connectivity index (χ4n) is 2.71. The number of amides is 1. The Balaban J connectivity index is 1.90. The van der Waals surface area contributed by atoms with Gasteiger partial charge in [0.25, 0.3) is 5.91 Å². The molecule has 0 spiro atoms. The van der Waals surface area contributed by atoms with E-state index in [2.05, 4.69) is 15.2 Å². The molecule has 1 aliphatic rings. The van der Waals surface area contributed by atoms with E-state index < -0.39 is 0 Å². The monoisotopic (exact) mass is 268 g/mol. The first-order valence-corrected chi connectivity index (χ1v) is 6.76. The van der Waals surface area contributed by atoms with Crippen molar-refractivity contribution in [1.29, 1.82) is 0 Å². The van der Waals surface area contributed by atoms with Gasteiger partial charge in [-0.1, -0.05) is 6.07 Å². The van der Waals surface area contributed by atoms with Crippen LogP contribution < -0.4 is 0 Å². The third-order valence-corrected chi connectivity index (χ3v) is 3.72. The molecule has 20 heavy (non-hydrogen) atoms. The minimum atomic E-state index is 0.0313. The molecule has 2 aromatic rings. The van der Waals surface area contributed by atoms with Crippen LogP contribution >= 0.6 is 0 Å². The number of carbonyl (C=O) groups excluding carboxylic acids is 1. The Hall–Kier alpha value is -2.30. The fourth-order valence-corrected chi connectivity index (χ4v) is 2.71. The molecule has 0 saturated carbocycles. The van der Waals surface area contributed by atoms with E-state index in [-0.39, 0.29) is 11.9 Å². The molecule has 0 N–H and O–H groups in total. The summed E-state index contributed by atoms with van der Waals surface area (Å²) in [6.07, 6.45) is 7.16. The van der Waals surface area contributed by atoms with Gasteiger partial charge in [-0.15, -0.1) is 0 Å². The molecule has 3 heterocycles. The first-order chi connectivity index (χ1) is 9.77. The second-order valence-electron chi connectivity index (χ2n) is 4.97. The molecule has 1 aliphatic heterocycles. The molecule has 1 fully saturated rings. The molecular formula is C15H16N4O. The molecule has 0 aromatic carbocycles. The molecule has 1 unspecified atom stereocenters. The van der Waals surface area contributed by atoms with Gasteiger partial charge in [-0.3, -0.25) is 9.78 Å². The summed E-state index contributed by atoms with van der Waals surface area (Å²) in [4.78, 5) is 18.8. The zero-order valence-corrected chi connectivity index (χ0v) is 11.4. The highest BCUT2D eigenvalue weighted by molar-refractivity contribution is 5.95. The van der Waals surface area contributed by atoms with E-state index >= 15 is 0 Å². The van der Waals surface area contributed by atoms with E-state index in [4.69, 9.17) is 0 Å². The molecule has 102 valence electrons. The summed E-state index contributed by atoms with van der Waals surface area (Å²) >= 11 is 0. The van der Waals surface area contributed by atoms with Crippen molar-refractivity contribution in [3.05, 3.63) is 53.6 Å². The van der Waals surface area contributed by atoms with Crippen LogP contribution in [0.3, 0.4) is 0 Å². The predicted octanol–water partition coefficient (Wildman–Crippen LogP) is 2.16. The van der Waals surface area contributed by atoms with Crippen LogP contribution in [0.2, 0.25) is 0 Å². The summed E-state index contributed by atoms with van der Waals surface area (Å²) in [5, 5.41) is 7.76. The van der Waals surface area contributed by atoms with Gasteiger partial charge in [0.2, 0.25) is 0 Å². The van der Waals surface area contributed by atoms with Gasteiger partial charge in [0.05, 0.1) is 23.5 Å². The first kappa shape index (κ1) is 12.7. The molecule has 5 nitrogen and oxygen atoms in total. The fraction of sp³-hybridized carbons (Fsp3) is 0.333. The van der Waals surface area contributed by atoms with E-state index in [9.17, 15) is 4.79 Å². The van der Waals surface area contributed by atoms with Gasteiger partial charge in [-0.2, -0.15) is 10.2 Å². The van der Waals surface area contributed by atoms with Crippen LogP contribution in [0.5, 0.6) is 0 Å². The van der Waals surface area contributed by atoms with Crippen molar-refractivity contribution in [2.75, 3.05) is 6.54 Å². The number of hydrogen-bond donors (Lipinski definition) is 0. The molecule has 0 bridgehead atoms. The van der Waals surface area contributed by atoms with Crippen LogP contribution in [0.4, 0.5) is 0 Å². The Labute approximate surface area is 117 Å². The number of aryl methyl sites for hydroxylation is 1. The van der Waals surface area contributed by atoms with E-state index in [0.29, 0.717) is 11.3 Å². The average Bonchev–Trinajstić information content (AvgIpc) is 2.97. The number of carbonyl (C=O) groups is 1. The van der Waals surface area contributed by atoms with Crippen LogP contribution in [-0.4, -0.2) is 32.5 Å². The van der Waals surface area contributed by atoms with E-state index in [1.54, 1.807) is 18.5 Å². The number of likely N-dealkylation sites (tertiary alicyclic amines) is 1. The second-order valence-corrected chi connectivity index (χ2v) is 4.97. The van der Waals surface area contributed by atoms with Crippen LogP contribution in [-0.2, 0) is 0 Å². The molecular weight excluding hydrogens is 252 g/mol. The zero-order valence-electron chi connectivity index (χ0n) is 11.4. The third kappa shape index (κ3) is 2.27. The Morgan fingerprint density at radius 2 is 2.25 bits per heavy atom. The number of hydrogen-bond acceptors (Lipinski definition) is 4. The lowest BCUT2D eigenvalue weighted by Crippen LogP contribution is -2.31. The topological polar surface area (TPSA) is 59.0 Å². The number of nitrogens with zero attached hydrogens (tertiary/aromatic N) is 4. The zero-order chi connectivity index (χ0) is 13.9. The summed E-state index contributed by atoms with van der Waals surface area (Å²) in [6, 6.07) is 5.79. The van der Waals surface area contributed by atoms with Crippen molar-refractivity contribution in [3.63, 3.8) is 0 Å². The Kier molecular flexibility index (Phi) is 3.41. The maximum atomic E-state index is 12.7. The lowest BCUT2D eigenvalue weighted by Gasteiger charge is -2.25. The highest BCUT2D eigenvalue weighted by Crippen LogP contribution is 2.32. The second kappa shape index (κ2) is 5.36. The molecule has 5 heteroatoms. The largest absolute Gasteiger partial charge is 0.331 e. The number of pyridine rings is 1. The molecule has 2 aromatic heterocycles. The molecule has 1 amide bonds. The Morgan fingerprint density at radius 3 is 3.00 bits per heavy atom. The van der Waals surface area contributed by atoms with Gasteiger partial charge in [-0.25, -0.2) is 0 Å². The van der Waals surface area contributed by atoms with Crippen LogP contribution in [0.25, 0.3) is 0 Å². The van der Waals surface area contributed by atoms with Gasteiger partial charge in [0.1, 0.15) is 0 Å². The van der Waals surface area contributed by atoms with E-state index in [1.165, 1.54) is 0 Å². The Bertz CT molecular complexity index is 614. The quantitative estimate of drug-likeness (QED) is 0.837. The van der Waals surface area contributed by atoms with Crippen molar-refractivity contribution in [2.45, 2.75) is 25.8 Å². The number of aromatic nitrogens is 3. The SMILES string of the molecule is Cc1nnccc1C(=O)N1CCCC1c1cccnc1. The van der Waals surface area contributed by atoms with Gasteiger partial charge >= 0.3 is 0 Å². The Morgan fingerprint density at radius 1 is 1.35 bits per heavy atom. The van der Waals surface area contributed by atoms with Crippen molar-refractivity contribution < 1.29 is 4.79 Å². The summed E-state index contributed by atoms with van der Waals surface area (Å²) < 4.78 is 0. The molecule has 0 aliphatic carbocycles. The van der Waals surface area contributed by atoms with Crippen molar-refractivity contribution >= 4 is 5.91 Å². The summed E-state index contributed by atoms with van der Waals surface area (Å²) in [5.41, 5.74) is 2.41. The lowest BCUT2D eigenvalue weighted by molar-refractivity contribution is 0.0734. The van der Waals surface area contributed by atoms with Gasteiger partial charge in [-0.05, 0) is 37.5 Å². The van der Waals surface area contributed by atoms with Gasteiger partial charge in [0.15, 0.2) is 0 Å². The average molecular weight is 268 g/mol. The van der Waals surface area contributed by atoms with Crippen molar-refractivity contribution in [2.24, 2.45) is 0 Å². The minimum absolute atomic E-state index is 0.0313. The lowest BCUT2D eigenvalue weighted by atomic mass is 10.1. The molecule has 3 rings (SSSR count). The van der Waals surface area contributed by atoms with Crippen LogP contribution in [0.15, 0.2) is 36.8 Å². The maximum Gasteiger partial charge on any atom is 0.256 e. The molecule has 1 saturated heterocycles. The van der Waals surface area contributed by atoms with Crippen LogP contribution in [0.1, 0.15) is 40.5 Å². The standard InChI is InChI=1S/C15H16N4O/c1-11-13(6-8-17-18-11)15(20)19-9-3-5-14(19)12-4-2-7-16-10-12/h2,4,6-8,10,14H,3,5,9H2,1H3. The minimum Gasteiger partial charge on any atom is -0.331 e.